The van der Waals surface area contributed by atoms with E-state index in [0.717, 1.165) is 11.1 Å². The molecule has 1 unspecified atom stereocenters. The lowest BCUT2D eigenvalue weighted by Gasteiger charge is -2.09. The smallest absolute Gasteiger partial charge is 0.326 e. The van der Waals surface area contributed by atoms with Gasteiger partial charge in [0.1, 0.15) is 0 Å². The number of nitrogens with zero attached hydrogens (tertiary/aromatic N) is 1. The maximum absolute atomic E-state index is 12.1. The molecule has 3 rings (SSSR count). The molecule has 1 aromatic heterocycles. The molecule has 7 heteroatoms. The van der Waals surface area contributed by atoms with Gasteiger partial charge in [0.05, 0.1) is 17.6 Å². The number of hydrogen-bond acceptors (Lipinski definition) is 4. The molecule has 0 fully saturated rings. The molecule has 22 heavy (non-hydrogen) atoms. The summed E-state index contributed by atoms with van der Waals surface area (Å²) in [6, 6.07) is 12.2. The van der Waals surface area contributed by atoms with Gasteiger partial charge in [0.15, 0.2) is 6.23 Å². The molecule has 0 radical (unpaired) electrons. The second kappa shape index (κ2) is 5.94. The van der Waals surface area contributed by atoms with Crippen molar-refractivity contribution in [3.8, 4) is 0 Å². The van der Waals surface area contributed by atoms with Crippen molar-refractivity contribution in [1.29, 1.82) is 0 Å². The van der Waals surface area contributed by atoms with E-state index in [1.807, 2.05) is 0 Å². The molecule has 0 bridgehead atoms. The van der Waals surface area contributed by atoms with Crippen molar-refractivity contribution in [2.45, 2.75) is 12.8 Å². The van der Waals surface area contributed by atoms with E-state index in [9.17, 15) is 9.90 Å². The molecule has 0 aliphatic rings. The highest BCUT2D eigenvalue weighted by Crippen LogP contribution is 2.18. The fourth-order valence-electron chi connectivity index (χ4n) is 2.36. The Labute approximate surface area is 130 Å². The summed E-state index contributed by atoms with van der Waals surface area (Å²) in [5.41, 5.74) is 4.45. The molecule has 0 aliphatic heterocycles. The van der Waals surface area contributed by atoms with Crippen LogP contribution in [0.25, 0.3) is 11.0 Å². The average molecular weight is 320 g/mol. The molecule has 2 aromatic carbocycles. The molecule has 0 saturated heterocycles. The van der Waals surface area contributed by atoms with Crippen LogP contribution in [0.4, 0.5) is 0 Å². The van der Waals surface area contributed by atoms with Crippen LogP contribution < -0.4 is 11.2 Å². The standard InChI is InChI=1S/C15H14ClN3O3/c16-11-5-6-13-12(7-11)17-15(21)19(13)8-9-1-3-10(4-2-9)14(20)18-22/h1-7,14,18,20,22H,8H2,(H,17,21). The van der Waals surface area contributed by atoms with Gasteiger partial charge in [-0.1, -0.05) is 35.9 Å². The topological polar surface area (TPSA) is 90.3 Å². The normalized spacial score (nSPS) is 12.7. The quantitative estimate of drug-likeness (QED) is 0.437. The van der Waals surface area contributed by atoms with Crippen LogP contribution in [0.15, 0.2) is 47.3 Å². The fraction of sp³-hybridized carbons (Fsp3) is 0.133. The maximum Gasteiger partial charge on any atom is 0.326 e. The predicted molar refractivity (Wildman–Crippen MR) is 83.0 cm³/mol. The second-order valence-corrected chi connectivity index (χ2v) is 5.39. The number of H-pyrrole nitrogens is 1. The first kappa shape index (κ1) is 14.8. The van der Waals surface area contributed by atoms with Crippen LogP contribution in [0.3, 0.4) is 0 Å². The van der Waals surface area contributed by atoms with Crippen molar-refractivity contribution in [2.24, 2.45) is 0 Å². The minimum Gasteiger partial charge on any atom is -0.372 e. The minimum atomic E-state index is -1.13. The first-order valence-corrected chi connectivity index (χ1v) is 7.01. The zero-order chi connectivity index (χ0) is 15.7. The number of benzene rings is 2. The zero-order valence-corrected chi connectivity index (χ0v) is 12.2. The molecule has 4 N–H and O–H groups in total. The minimum absolute atomic E-state index is 0.210. The molecule has 114 valence electrons. The van der Waals surface area contributed by atoms with E-state index in [0.29, 0.717) is 22.6 Å². The zero-order valence-electron chi connectivity index (χ0n) is 11.5. The highest BCUT2D eigenvalue weighted by molar-refractivity contribution is 6.31. The van der Waals surface area contributed by atoms with Gasteiger partial charge in [-0.15, -0.1) is 0 Å². The molecule has 1 atom stereocenters. The summed E-state index contributed by atoms with van der Waals surface area (Å²) >= 11 is 5.92. The van der Waals surface area contributed by atoms with E-state index in [-0.39, 0.29) is 5.69 Å². The number of imidazole rings is 1. The monoisotopic (exact) mass is 319 g/mol. The van der Waals surface area contributed by atoms with Gasteiger partial charge in [-0.05, 0) is 29.3 Å². The molecule has 6 nitrogen and oxygen atoms in total. The Morgan fingerprint density at radius 3 is 2.64 bits per heavy atom. The Hall–Kier alpha value is -2.12. The average Bonchev–Trinajstić information content (AvgIpc) is 2.82. The van der Waals surface area contributed by atoms with Crippen LogP contribution in [-0.2, 0) is 6.54 Å². The Bertz CT molecular complexity index is 855. The number of aliphatic hydroxyl groups excluding tert-OH is 1. The first-order chi connectivity index (χ1) is 10.6. The summed E-state index contributed by atoms with van der Waals surface area (Å²) < 4.78 is 1.61. The number of hydrogen-bond donors (Lipinski definition) is 4. The number of hydroxylamine groups is 1. The number of aromatic nitrogens is 2. The van der Waals surface area contributed by atoms with E-state index in [4.69, 9.17) is 16.8 Å². The summed E-state index contributed by atoms with van der Waals surface area (Å²) in [5, 5.41) is 18.7. The first-order valence-electron chi connectivity index (χ1n) is 6.63. The Kier molecular flexibility index (Phi) is 4.00. The molecule has 0 aliphatic carbocycles. The Morgan fingerprint density at radius 1 is 1.23 bits per heavy atom. The van der Waals surface area contributed by atoms with Gasteiger partial charge < -0.3 is 15.3 Å². The Balaban J connectivity index is 1.93. The van der Waals surface area contributed by atoms with Gasteiger partial charge >= 0.3 is 5.69 Å². The van der Waals surface area contributed by atoms with Gasteiger partial charge in [-0.2, -0.15) is 5.48 Å². The van der Waals surface area contributed by atoms with Gasteiger partial charge in [0.2, 0.25) is 0 Å². The summed E-state index contributed by atoms with van der Waals surface area (Å²) in [5.74, 6) is 0. The molecule has 0 amide bonds. The number of halogens is 1. The van der Waals surface area contributed by atoms with Crippen molar-refractivity contribution in [3.63, 3.8) is 0 Å². The van der Waals surface area contributed by atoms with Gasteiger partial charge in [0, 0.05) is 5.02 Å². The highest BCUT2D eigenvalue weighted by atomic mass is 35.5. The maximum atomic E-state index is 12.1. The van der Waals surface area contributed by atoms with E-state index in [1.165, 1.54) is 0 Å². The summed E-state index contributed by atoms with van der Waals surface area (Å²) in [7, 11) is 0. The summed E-state index contributed by atoms with van der Waals surface area (Å²) in [6.45, 7) is 0.392. The fourth-order valence-corrected chi connectivity index (χ4v) is 2.53. The van der Waals surface area contributed by atoms with Gasteiger partial charge in [-0.25, -0.2) is 4.79 Å². The van der Waals surface area contributed by atoms with Crippen LogP contribution in [0.1, 0.15) is 17.4 Å². The van der Waals surface area contributed by atoms with Crippen LogP contribution in [0.2, 0.25) is 5.02 Å². The number of aliphatic hydroxyl groups is 1. The number of nitrogens with one attached hydrogen (secondary N) is 2. The SMILES string of the molecule is O=c1[nH]c2cc(Cl)ccc2n1Cc1ccc(C(O)NO)cc1. The number of aromatic amines is 1. The van der Waals surface area contributed by atoms with E-state index in [1.54, 1.807) is 52.5 Å². The molecule has 0 spiro atoms. The summed E-state index contributed by atoms with van der Waals surface area (Å²) in [6.07, 6.45) is -1.13. The van der Waals surface area contributed by atoms with Crippen molar-refractivity contribution < 1.29 is 10.3 Å². The van der Waals surface area contributed by atoms with Gasteiger partial charge in [0.25, 0.3) is 0 Å². The molecule has 0 saturated carbocycles. The van der Waals surface area contributed by atoms with Crippen LogP contribution in [0, 0.1) is 0 Å². The third kappa shape index (κ3) is 2.77. The molecular formula is C15H14ClN3O3. The van der Waals surface area contributed by atoms with E-state index in [2.05, 4.69) is 4.98 Å². The number of rotatable bonds is 4. The van der Waals surface area contributed by atoms with E-state index >= 15 is 0 Å². The summed E-state index contributed by atoms with van der Waals surface area (Å²) in [4.78, 5) is 14.8. The van der Waals surface area contributed by atoms with Gasteiger partial charge in [-0.3, -0.25) is 4.57 Å². The molecule has 1 heterocycles. The second-order valence-electron chi connectivity index (χ2n) is 4.95. The highest BCUT2D eigenvalue weighted by Gasteiger charge is 2.09. The number of fused-ring (bicyclic) bond motifs is 1. The van der Waals surface area contributed by atoms with Crippen molar-refractivity contribution in [2.75, 3.05) is 0 Å². The van der Waals surface area contributed by atoms with Crippen molar-refractivity contribution >= 4 is 22.6 Å². The van der Waals surface area contributed by atoms with Crippen LogP contribution >= 0.6 is 11.6 Å². The van der Waals surface area contributed by atoms with Crippen LogP contribution in [0.5, 0.6) is 0 Å². The molecular weight excluding hydrogens is 306 g/mol. The largest absolute Gasteiger partial charge is 0.372 e. The van der Waals surface area contributed by atoms with Crippen molar-refractivity contribution in [1.82, 2.24) is 15.0 Å². The lowest BCUT2D eigenvalue weighted by Crippen LogP contribution is -2.18. The van der Waals surface area contributed by atoms with Crippen LogP contribution in [-0.4, -0.2) is 19.9 Å². The Morgan fingerprint density at radius 2 is 1.95 bits per heavy atom. The lowest BCUT2D eigenvalue weighted by molar-refractivity contribution is 0.000692. The van der Waals surface area contributed by atoms with E-state index < -0.39 is 6.23 Å². The molecule has 3 aromatic rings. The third-order valence-corrected chi connectivity index (χ3v) is 3.73. The van der Waals surface area contributed by atoms with Crippen molar-refractivity contribution in [3.05, 3.63) is 69.1 Å². The predicted octanol–water partition coefficient (Wildman–Crippen LogP) is 2.00. The lowest BCUT2D eigenvalue weighted by atomic mass is 10.1. The third-order valence-electron chi connectivity index (χ3n) is 3.49.